The smallest absolute Gasteiger partial charge is 0.315 e. The number of carboxylic acids is 1. The summed E-state index contributed by atoms with van der Waals surface area (Å²) >= 11 is 0. The molecule has 9 heteroatoms. The number of carbonyl (C=O) groups excluding carboxylic acids is 1. The summed E-state index contributed by atoms with van der Waals surface area (Å²) in [7, 11) is 3.73. The van der Waals surface area contributed by atoms with E-state index in [0.717, 1.165) is 6.07 Å². The van der Waals surface area contributed by atoms with Crippen LogP contribution in [0.2, 0.25) is 0 Å². The van der Waals surface area contributed by atoms with E-state index in [2.05, 4.69) is 0 Å². The van der Waals surface area contributed by atoms with Crippen molar-refractivity contribution in [3.05, 3.63) is 21.7 Å². The van der Waals surface area contributed by atoms with Crippen LogP contribution in [-0.2, 0) is 4.79 Å². The van der Waals surface area contributed by atoms with Crippen LogP contribution in [-0.4, -0.2) is 43.1 Å². The molecular weight excluding hydrogens is 298 g/mol. The molecule has 0 unspecified atom stereocenters. The quantitative estimate of drug-likeness (QED) is 0.436. The molecule has 0 saturated carbocycles. The Morgan fingerprint density at radius 2 is 1.64 bits per heavy atom. The molecule has 0 aliphatic carbocycles. The maximum Gasteiger partial charge on any atom is 0.315 e. The molecule has 0 fully saturated rings. The average molecular weight is 313 g/mol. The summed E-state index contributed by atoms with van der Waals surface area (Å²) < 4.78 is 15.1. The summed E-state index contributed by atoms with van der Waals surface area (Å²) in [5, 5.41) is 19.7. The highest BCUT2D eigenvalue weighted by atomic mass is 16.6. The molecule has 0 atom stereocenters. The van der Waals surface area contributed by atoms with Crippen molar-refractivity contribution in [2.45, 2.75) is 12.8 Å². The van der Waals surface area contributed by atoms with Crippen molar-refractivity contribution in [2.75, 3.05) is 21.3 Å². The second-order valence-corrected chi connectivity index (χ2v) is 4.12. The zero-order chi connectivity index (χ0) is 16.9. The van der Waals surface area contributed by atoms with Crippen molar-refractivity contribution in [3.8, 4) is 17.2 Å². The number of hydrogen-bond acceptors (Lipinski definition) is 7. The molecule has 9 nitrogen and oxygen atoms in total. The third kappa shape index (κ3) is 3.43. The Bertz CT molecular complexity index is 611. The first-order valence-corrected chi connectivity index (χ1v) is 6.09. The summed E-state index contributed by atoms with van der Waals surface area (Å²) in [5.41, 5.74) is -0.605. The van der Waals surface area contributed by atoms with E-state index < -0.39 is 28.8 Å². The molecule has 0 aliphatic rings. The number of nitro benzene ring substituents is 1. The lowest BCUT2D eigenvalue weighted by molar-refractivity contribution is -0.385. The fourth-order valence-electron chi connectivity index (χ4n) is 1.89. The molecule has 0 bridgehead atoms. The van der Waals surface area contributed by atoms with Gasteiger partial charge in [-0.05, 0) is 0 Å². The van der Waals surface area contributed by atoms with Crippen molar-refractivity contribution >= 4 is 17.4 Å². The molecule has 0 spiro atoms. The van der Waals surface area contributed by atoms with Gasteiger partial charge in [-0.25, -0.2) is 0 Å². The van der Waals surface area contributed by atoms with Crippen LogP contribution in [0.3, 0.4) is 0 Å². The summed E-state index contributed by atoms with van der Waals surface area (Å²) in [6.45, 7) is 0. The molecule has 0 heterocycles. The zero-order valence-electron chi connectivity index (χ0n) is 12.2. The topological polar surface area (TPSA) is 125 Å². The summed E-state index contributed by atoms with van der Waals surface area (Å²) in [4.78, 5) is 33.0. The molecule has 0 radical (unpaired) electrons. The minimum Gasteiger partial charge on any atom is -0.492 e. The Labute approximate surface area is 125 Å². The van der Waals surface area contributed by atoms with Crippen LogP contribution in [0.15, 0.2) is 6.07 Å². The number of rotatable bonds is 8. The standard InChI is InChI=1S/C13H15NO8/c1-20-11-7(9(15)4-5-10(16)17)6-8(14(18)19)12(21-2)13(11)22-3/h6H,4-5H2,1-3H3,(H,16,17). The number of benzene rings is 1. The van der Waals surface area contributed by atoms with Crippen LogP contribution in [0.4, 0.5) is 5.69 Å². The van der Waals surface area contributed by atoms with Crippen molar-refractivity contribution in [2.24, 2.45) is 0 Å². The number of aliphatic carboxylic acids is 1. The molecule has 0 aromatic heterocycles. The van der Waals surface area contributed by atoms with Crippen LogP contribution in [0.1, 0.15) is 23.2 Å². The molecule has 1 rings (SSSR count). The first kappa shape index (κ1) is 17.2. The number of hydrogen-bond donors (Lipinski definition) is 1. The number of Topliss-reactive ketones (excluding diaryl/α,β-unsaturated/α-hetero) is 1. The Hall–Kier alpha value is -2.84. The van der Waals surface area contributed by atoms with Crippen molar-refractivity contribution < 1.29 is 33.8 Å². The average Bonchev–Trinajstić information content (AvgIpc) is 2.49. The second kappa shape index (κ2) is 7.25. The lowest BCUT2D eigenvalue weighted by Gasteiger charge is -2.15. The van der Waals surface area contributed by atoms with E-state index in [0.29, 0.717) is 0 Å². The zero-order valence-corrected chi connectivity index (χ0v) is 12.2. The fraction of sp³-hybridized carbons (Fsp3) is 0.385. The monoisotopic (exact) mass is 313 g/mol. The lowest BCUT2D eigenvalue weighted by Crippen LogP contribution is -2.09. The number of carboxylic acid groups (broad SMARTS) is 1. The lowest BCUT2D eigenvalue weighted by atomic mass is 10.0. The highest BCUT2D eigenvalue weighted by molar-refractivity contribution is 6.02. The van der Waals surface area contributed by atoms with Gasteiger partial charge in [-0.3, -0.25) is 19.7 Å². The number of nitrogens with zero attached hydrogens (tertiary/aromatic N) is 1. The van der Waals surface area contributed by atoms with Gasteiger partial charge in [0.15, 0.2) is 11.5 Å². The van der Waals surface area contributed by atoms with Crippen molar-refractivity contribution in [1.29, 1.82) is 0 Å². The number of ketones is 1. The van der Waals surface area contributed by atoms with Gasteiger partial charge in [0.25, 0.3) is 0 Å². The van der Waals surface area contributed by atoms with Gasteiger partial charge in [0.2, 0.25) is 11.5 Å². The van der Waals surface area contributed by atoms with Gasteiger partial charge in [-0.1, -0.05) is 0 Å². The maximum atomic E-state index is 12.1. The molecule has 120 valence electrons. The van der Waals surface area contributed by atoms with Gasteiger partial charge in [-0.15, -0.1) is 0 Å². The van der Waals surface area contributed by atoms with E-state index in [1.165, 1.54) is 21.3 Å². The molecular formula is C13H15NO8. The molecule has 22 heavy (non-hydrogen) atoms. The highest BCUT2D eigenvalue weighted by Crippen LogP contribution is 2.46. The largest absolute Gasteiger partial charge is 0.492 e. The van der Waals surface area contributed by atoms with Crippen LogP contribution >= 0.6 is 0 Å². The summed E-state index contributed by atoms with van der Waals surface area (Å²) in [6.07, 6.45) is -0.720. The van der Waals surface area contributed by atoms with Gasteiger partial charge in [0.05, 0.1) is 38.2 Å². The van der Waals surface area contributed by atoms with Gasteiger partial charge >= 0.3 is 11.7 Å². The van der Waals surface area contributed by atoms with Crippen molar-refractivity contribution in [3.63, 3.8) is 0 Å². The Morgan fingerprint density at radius 1 is 1.09 bits per heavy atom. The second-order valence-electron chi connectivity index (χ2n) is 4.12. The van der Waals surface area contributed by atoms with E-state index in [4.69, 9.17) is 19.3 Å². The molecule has 1 aromatic carbocycles. The molecule has 1 N–H and O–H groups in total. The van der Waals surface area contributed by atoms with E-state index in [1.54, 1.807) is 0 Å². The van der Waals surface area contributed by atoms with Crippen molar-refractivity contribution in [1.82, 2.24) is 0 Å². The van der Waals surface area contributed by atoms with E-state index >= 15 is 0 Å². The Kier molecular flexibility index (Phi) is 5.67. The number of methoxy groups -OCH3 is 3. The predicted octanol–water partition coefficient (Wildman–Crippen LogP) is 1.67. The fourth-order valence-corrected chi connectivity index (χ4v) is 1.89. The van der Waals surface area contributed by atoms with Gasteiger partial charge in [0, 0.05) is 12.5 Å². The van der Waals surface area contributed by atoms with Gasteiger partial charge in [-0.2, -0.15) is 0 Å². The number of ether oxygens (including phenoxy) is 3. The molecule has 0 saturated heterocycles. The highest BCUT2D eigenvalue weighted by Gasteiger charge is 2.30. The van der Waals surface area contributed by atoms with Gasteiger partial charge < -0.3 is 19.3 Å². The molecule has 0 amide bonds. The Balaban J connectivity index is 3.49. The molecule has 0 aliphatic heterocycles. The van der Waals surface area contributed by atoms with Crippen LogP contribution in [0, 0.1) is 10.1 Å². The first-order valence-electron chi connectivity index (χ1n) is 6.09. The predicted molar refractivity (Wildman–Crippen MR) is 74.0 cm³/mol. The molecule has 1 aromatic rings. The normalized spacial score (nSPS) is 9.95. The summed E-state index contributed by atoms with van der Waals surface area (Å²) in [5.74, 6) is -2.08. The maximum absolute atomic E-state index is 12.1. The minimum atomic E-state index is -1.15. The first-order chi connectivity index (χ1) is 10.4. The minimum absolute atomic E-state index is 0.0414. The van der Waals surface area contributed by atoms with Crippen LogP contribution in [0.25, 0.3) is 0 Å². The summed E-state index contributed by atoms with van der Waals surface area (Å²) in [6, 6.07) is 0.990. The van der Waals surface area contributed by atoms with Crippen LogP contribution in [0.5, 0.6) is 17.2 Å². The number of nitro groups is 1. The third-order valence-corrected chi connectivity index (χ3v) is 2.85. The Morgan fingerprint density at radius 3 is 2.05 bits per heavy atom. The van der Waals surface area contributed by atoms with E-state index in [9.17, 15) is 19.7 Å². The third-order valence-electron chi connectivity index (χ3n) is 2.85. The van der Waals surface area contributed by atoms with Crippen LogP contribution < -0.4 is 14.2 Å². The van der Waals surface area contributed by atoms with E-state index in [-0.39, 0.29) is 29.2 Å². The van der Waals surface area contributed by atoms with E-state index in [1.807, 2.05) is 0 Å². The number of carbonyl (C=O) groups is 2. The van der Waals surface area contributed by atoms with Gasteiger partial charge in [0.1, 0.15) is 0 Å². The SMILES string of the molecule is COc1c(C(=O)CCC(=O)O)cc([N+](=O)[O-])c(OC)c1OC.